The monoisotopic (exact) mass is 412 g/mol. The summed E-state index contributed by atoms with van der Waals surface area (Å²) in [5.41, 5.74) is -0.762. The average Bonchev–Trinajstić information content (AvgIpc) is 2.72. The van der Waals surface area contributed by atoms with Crippen LogP contribution in [0.4, 0.5) is 19.0 Å². The van der Waals surface area contributed by atoms with E-state index >= 15 is 0 Å². The van der Waals surface area contributed by atoms with Gasteiger partial charge in [0.05, 0.1) is 5.56 Å². The van der Waals surface area contributed by atoms with E-state index in [4.69, 9.17) is 0 Å². The van der Waals surface area contributed by atoms with Crippen molar-refractivity contribution in [2.24, 2.45) is 5.92 Å². The van der Waals surface area contributed by atoms with Crippen LogP contribution in [-0.4, -0.2) is 65.9 Å². The maximum atomic E-state index is 13.4. The number of alkyl halides is 3. The van der Waals surface area contributed by atoms with Gasteiger partial charge in [-0.05, 0) is 37.8 Å². The van der Waals surface area contributed by atoms with Gasteiger partial charge in [-0.2, -0.15) is 13.2 Å². The van der Waals surface area contributed by atoms with Crippen LogP contribution in [-0.2, 0) is 15.8 Å². The summed E-state index contributed by atoms with van der Waals surface area (Å²) >= 11 is 0. The number of piperidine rings is 2. The average molecular weight is 412 g/mol. The Labute approximate surface area is 168 Å². The molecule has 3 heterocycles. The van der Waals surface area contributed by atoms with Crippen molar-refractivity contribution in [2.75, 3.05) is 38.1 Å². The van der Waals surface area contributed by atoms with Crippen molar-refractivity contribution in [1.82, 2.24) is 14.8 Å². The fourth-order valence-electron chi connectivity index (χ4n) is 4.24. The van der Waals surface area contributed by atoms with Crippen molar-refractivity contribution in [3.05, 3.63) is 23.9 Å². The first-order valence-corrected chi connectivity index (χ1v) is 9.98. The summed E-state index contributed by atoms with van der Waals surface area (Å²) in [5, 5.41) is 0. The Balaban J connectivity index is 1.67. The van der Waals surface area contributed by atoms with Crippen molar-refractivity contribution < 1.29 is 22.8 Å². The molecule has 1 unspecified atom stereocenters. The number of pyridine rings is 1. The number of hydrogen-bond donors (Lipinski definition) is 0. The third kappa shape index (κ3) is 4.82. The number of carbonyl (C=O) groups is 2. The van der Waals surface area contributed by atoms with Gasteiger partial charge in [0.1, 0.15) is 5.82 Å². The summed E-state index contributed by atoms with van der Waals surface area (Å²) in [7, 11) is 1.61. The summed E-state index contributed by atoms with van der Waals surface area (Å²) in [6.07, 6.45) is -0.414. The van der Waals surface area contributed by atoms with Crippen LogP contribution in [0, 0.1) is 5.92 Å². The van der Waals surface area contributed by atoms with E-state index in [0.29, 0.717) is 45.4 Å². The van der Waals surface area contributed by atoms with Crippen LogP contribution in [0.15, 0.2) is 18.3 Å². The van der Waals surface area contributed by atoms with Crippen molar-refractivity contribution >= 4 is 17.6 Å². The molecule has 0 aliphatic carbocycles. The first-order chi connectivity index (χ1) is 13.7. The van der Waals surface area contributed by atoms with Crippen molar-refractivity contribution in [3.63, 3.8) is 0 Å². The molecular weight excluding hydrogens is 385 g/mol. The van der Waals surface area contributed by atoms with E-state index < -0.39 is 11.7 Å². The third-order valence-corrected chi connectivity index (χ3v) is 5.97. The number of likely N-dealkylation sites (N-methyl/N-ethyl adjacent to an activating group) is 1. The molecule has 0 spiro atoms. The summed E-state index contributed by atoms with van der Waals surface area (Å²) in [4.78, 5) is 33.5. The molecule has 0 aromatic carbocycles. The number of likely N-dealkylation sites (tertiary alicyclic amines) is 2. The molecule has 2 fully saturated rings. The Morgan fingerprint density at radius 3 is 2.45 bits per heavy atom. The van der Waals surface area contributed by atoms with Crippen LogP contribution in [0.3, 0.4) is 0 Å². The summed E-state index contributed by atoms with van der Waals surface area (Å²) in [5.74, 6) is -0.168. The predicted molar refractivity (Wildman–Crippen MR) is 102 cm³/mol. The molecule has 2 saturated heterocycles. The molecule has 0 saturated carbocycles. The van der Waals surface area contributed by atoms with Gasteiger partial charge in [-0.3, -0.25) is 9.59 Å². The Bertz CT molecular complexity index is 747. The molecule has 2 aliphatic heterocycles. The molecular formula is C20H27F3N4O2. The molecule has 0 radical (unpaired) electrons. The topological polar surface area (TPSA) is 56.8 Å². The highest BCUT2D eigenvalue weighted by Gasteiger charge is 2.38. The van der Waals surface area contributed by atoms with Crippen molar-refractivity contribution in [2.45, 2.75) is 44.8 Å². The molecule has 160 valence electrons. The van der Waals surface area contributed by atoms with Crippen LogP contribution in [0.1, 0.15) is 38.2 Å². The Morgan fingerprint density at radius 2 is 1.83 bits per heavy atom. The minimum atomic E-state index is -4.48. The van der Waals surface area contributed by atoms with E-state index in [-0.39, 0.29) is 29.6 Å². The molecule has 1 aromatic heterocycles. The van der Waals surface area contributed by atoms with Gasteiger partial charge in [0.25, 0.3) is 0 Å². The molecule has 0 N–H and O–H groups in total. The Hall–Kier alpha value is -2.32. The summed E-state index contributed by atoms with van der Waals surface area (Å²) < 4.78 is 40.1. The molecule has 6 nitrogen and oxygen atoms in total. The normalized spacial score (nSPS) is 21.2. The largest absolute Gasteiger partial charge is 0.419 e. The summed E-state index contributed by atoms with van der Waals surface area (Å²) in [6, 6.07) is 2.10. The number of rotatable bonds is 3. The third-order valence-electron chi connectivity index (χ3n) is 5.97. The van der Waals surface area contributed by atoms with Crippen LogP contribution >= 0.6 is 0 Å². The fraction of sp³-hybridized carbons (Fsp3) is 0.650. The highest BCUT2D eigenvalue weighted by Crippen LogP contribution is 2.36. The van der Waals surface area contributed by atoms with E-state index in [0.717, 1.165) is 12.5 Å². The van der Waals surface area contributed by atoms with Crippen LogP contribution in [0.2, 0.25) is 0 Å². The van der Waals surface area contributed by atoms with Gasteiger partial charge < -0.3 is 14.7 Å². The highest BCUT2D eigenvalue weighted by atomic mass is 19.4. The van der Waals surface area contributed by atoms with Gasteiger partial charge in [-0.1, -0.05) is 0 Å². The number of aromatic nitrogens is 1. The number of amides is 2. The quantitative estimate of drug-likeness (QED) is 0.766. The van der Waals surface area contributed by atoms with Crippen LogP contribution < -0.4 is 4.90 Å². The number of nitrogens with zero attached hydrogens (tertiary/aromatic N) is 4. The van der Waals surface area contributed by atoms with Crippen molar-refractivity contribution in [1.29, 1.82) is 0 Å². The lowest BCUT2D eigenvalue weighted by molar-refractivity contribution is -0.141. The SMILES string of the molecule is CC(=O)N1CCC(C(=O)N2CCCC(N(C)c3ncccc3C(F)(F)F)C2)CC1. The van der Waals surface area contributed by atoms with Crippen molar-refractivity contribution in [3.8, 4) is 0 Å². The van der Waals surface area contributed by atoms with E-state index in [9.17, 15) is 22.8 Å². The maximum absolute atomic E-state index is 13.4. The highest BCUT2D eigenvalue weighted by molar-refractivity contribution is 5.80. The van der Waals surface area contributed by atoms with Gasteiger partial charge in [-0.25, -0.2) is 4.98 Å². The second-order valence-electron chi connectivity index (χ2n) is 7.84. The van der Waals surface area contributed by atoms with Gasteiger partial charge >= 0.3 is 6.18 Å². The zero-order valence-corrected chi connectivity index (χ0v) is 16.8. The molecule has 3 rings (SSSR count). The second kappa shape index (κ2) is 8.59. The molecule has 0 bridgehead atoms. The smallest absolute Gasteiger partial charge is 0.354 e. The molecule has 29 heavy (non-hydrogen) atoms. The van der Waals surface area contributed by atoms with E-state index in [1.165, 1.54) is 19.2 Å². The molecule has 9 heteroatoms. The lowest BCUT2D eigenvalue weighted by Gasteiger charge is -2.41. The van der Waals surface area contributed by atoms with E-state index in [2.05, 4.69) is 4.98 Å². The zero-order valence-electron chi connectivity index (χ0n) is 16.8. The maximum Gasteiger partial charge on any atom is 0.419 e. The van der Waals surface area contributed by atoms with Crippen LogP contribution in [0.25, 0.3) is 0 Å². The zero-order chi connectivity index (χ0) is 21.2. The number of carbonyl (C=O) groups excluding carboxylic acids is 2. The molecule has 1 atom stereocenters. The lowest BCUT2D eigenvalue weighted by Crippen LogP contribution is -2.52. The minimum absolute atomic E-state index is 0.0198. The first kappa shape index (κ1) is 21.4. The first-order valence-electron chi connectivity index (χ1n) is 9.98. The van der Waals surface area contributed by atoms with Gasteiger partial charge in [0, 0.05) is 58.3 Å². The predicted octanol–water partition coefficient (Wildman–Crippen LogP) is 2.79. The van der Waals surface area contributed by atoms with Gasteiger partial charge in [-0.15, -0.1) is 0 Å². The lowest BCUT2D eigenvalue weighted by atomic mass is 9.93. The van der Waals surface area contributed by atoms with Gasteiger partial charge in [0.15, 0.2) is 0 Å². The van der Waals surface area contributed by atoms with Crippen LogP contribution in [0.5, 0.6) is 0 Å². The Kier molecular flexibility index (Phi) is 6.33. The number of halogens is 3. The molecule has 1 aromatic rings. The minimum Gasteiger partial charge on any atom is -0.354 e. The summed E-state index contributed by atoms with van der Waals surface area (Å²) in [6.45, 7) is 3.68. The molecule has 2 aliphatic rings. The number of anilines is 1. The second-order valence-corrected chi connectivity index (χ2v) is 7.84. The van der Waals surface area contributed by atoms with Gasteiger partial charge in [0.2, 0.25) is 11.8 Å². The molecule has 2 amide bonds. The fourth-order valence-corrected chi connectivity index (χ4v) is 4.24. The van der Waals surface area contributed by atoms with E-state index in [1.54, 1.807) is 21.7 Å². The van der Waals surface area contributed by atoms with E-state index in [1.807, 2.05) is 0 Å². The Morgan fingerprint density at radius 1 is 1.14 bits per heavy atom. The number of hydrogen-bond acceptors (Lipinski definition) is 4. The standard InChI is InChI=1S/C20H27F3N4O2/c1-14(28)26-11-7-15(8-12-26)19(29)27-10-4-5-16(13-27)25(2)18-17(20(21,22)23)6-3-9-24-18/h3,6,9,15-16H,4-5,7-8,10-13H2,1-2H3.